The molecule has 0 radical (unpaired) electrons. The lowest BCUT2D eigenvalue weighted by molar-refractivity contribution is -0.385. The predicted molar refractivity (Wildman–Crippen MR) is 67.6 cm³/mol. The molecule has 0 atom stereocenters. The van der Waals surface area contributed by atoms with Crippen LogP contribution in [0.1, 0.15) is 10.4 Å². The number of benzene rings is 1. The highest BCUT2D eigenvalue weighted by Crippen LogP contribution is 2.26. The van der Waals surface area contributed by atoms with Crippen LogP contribution in [0.2, 0.25) is 0 Å². The summed E-state index contributed by atoms with van der Waals surface area (Å²) in [6, 6.07) is 1.51. The number of carbonyl (C=O) groups excluding carboxylic acids is 1. The number of nitrogens with one attached hydrogen (secondary N) is 2. The van der Waals surface area contributed by atoms with Crippen LogP contribution in [0, 0.1) is 15.9 Å². The van der Waals surface area contributed by atoms with Crippen LogP contribution in [0.4, 0.5) is 21.7 Å². The van der Waals surface area contributed by atoms with Gasteiger partial charge in [-0.3, -0.25) is 26.1 Å². The van der Waals surface area contributed by atoms with E-state index in [9.17, 15) is 19.3 Å². The minimum atomic E-state index is -0.960. The van der Waals surface area contributed by atoms with Gasteiger partial charge in [-0.2, -0.15) is 4.80 Å². The fourth-order valence-corrected chi connectivity index (χ4v) is 1.51. The first-order valence-corrected chi connectivity index (χ1v) is 5.42. The van der Waals surface area contributed by atoms with E-state index < -0.39 is 27.9 Å². The van der Waals surface area contributed by atoms with Crippen molar-refractivity contribution in [2.24, 2.45) is 12.9 Å². The molecule has 0 saturated heterocycles. The molecule has 1 aromatic heterocycles. The number of nitrogens with zero attached hydrogens (tertiary/aromatic N) is 5. The van der Waals surface area contributed by atoms with Crippen LogP contribution in [0.3, 0.4) is 0 Å². The number of rotatable bonds is 4. The van der Waals surface area contributed by atoms with Crippen LogP contribution in [0.25, 0.3) is 0 Å². The molecule has 12 heteroatoms. The summed E-state index contributed by atoms with van der Waals surface area (Å²) in [6.07, 6.45) is 0. The third kappa shape index (κ3) is 2.89. The largest absolute Gasteiger partial charge is 0.321 e. The Labute approximate surface area is 116 Å². The molecule has 11 nitrogen and oxygen atoms in total. The van der Waals surface area contributed by atoms with E-state index >= 15 is 0 Å². The number of hydrogen-bond donors (Lipinski definition) is 3. The Hall–Kier alpha value is -3.15. The van der Waals surface area contributed by atoms with Crippen molar-refractivity contribution >= 4 is 23.2 Å². The molecule has 21 heavy (non-hydrogen) atoms. The predicted octanol–water partition coefficient (Wildman–Crippen LogP) is -0.205. The number of halogens is 1. The van der Waals surface area contributed by atoms with Crippen LogP contribution < -0.4 is 16.6 Å². The molecule has 0 fully saturated rings. The Morgan fingerprint density at radius 2 is 2.24 bits per heavy atom. The molecular weight excluding hydrogens is 287 g/mol. The SMILES string of the molecule is Cn1nnc(NC(=O)c2cc(NN)c(F)cc2[N+](=O)[O-])n1. The number of hydrazine groups is 1. The Bertz CT molecular complexity index is 715. The Morgan fingerprint density at radius 3 is 2.76 bits per heavy atom. The standard InChI is InChI=1S/C9H9FN8O3/c1-17-15-9(14-16-17)12-8(19)4-2-6(13-11)5(10)3-7(4)18(20)21/h2-3,13H,11H2,1H3,(H,12,15,19). The maximum atomic E-state index is 13.5. The summed E-state index contributed by atoms with van der Waals surface area (Å²) >= 11 is 0. The zero-order valence-electron chi connectivity index (χ0n) is 10.6. The summed E-state index contributed by atoms with van der Waals surface area (Å²) in [6.45, 7) is 0. The smallest absolute Gasteiger partial charge is 0.285 e. The molecule has 0 saturated carbocycles. The highest BCUT2D eigenvalue weighted by atomic mass is 19.1. The second-order valence-electron chi connectivity index (χ2n) is 3.81. The molecule has 0 aliphatic heterocycles. The summed E-state index contributed by atoms with van der Waals surface area (Å²) in [5, 5.41) is 23.8. The lowest BCUT2D eigenvalue weighted by Crippen LogP contribution is -2.17. The van der Waals surface area contributed by atoms with Gasteiger partial charge in [-0.15, -0.1) is 5.10 Å². The van der Waals surface area contributed by atoms with Gasteiger partial charge in [0.1, 0.15) is 5.56 Å². The number of amides is 1. The van der Waals surface area contributed by atoms with Crippen molar-refractivity contribution < 1.29 is 14.1 Å². The number of nitrogens with two attached hydrogens (primary N) is 1. The summed E-state index contributed by atoms with van der Waals surface area (Å²) in [5.74, 6) is 3.07. The maximum Gasteiger partial charge on any atom is 0.285 e. The van der Waals surface area contributed by atoms with Gasteiger partial charge in [0.2, 0.25) is 0 Å². The molecule has 1 heterocycles. The van der Waals surface area contributed by atoms with Crippen LogP contribution in [0.15, 0.2) is 12.1 Å². The van der Waals surface area contributed by atoms with E-state index in [1.807, 2.05) is 5.43 Å². The van der Waals surface area contributed by atoms with Gasteiger partial charge < -0.3 is 5.43 Å². The topological polar surface area (TPSA) is 154 Å². The monoisotopic (exact) mass is 296 g/mol. The van der Waals surface area contributed by atoms with Crippen molar-refractivity contribution in [3.8, 4) is 0 Å². The Balaban J connectivity index is 2.40. The van der Waals surface area contributed by atoms with Gasteiger partial charge in [0.05, 0.1) is 23.7 Å². The Morgan fingerprint density at radius 1 is 1.52 bits per heavy atom. The third-order valence-electron chi connectivity index (χ3n) is 2.42. The highest BCUT2D eigenvalue weighted by Gasteiger charge is 2.24. The first-order valence-electron chi connectivity index (χ1n) is 5.42. The molecule has 110 valence electrons. The van der Waals surface area contributed by atoms with Crippen LogP contribution in [-0.2, 0) is 7.05 Å². The number of hydrogen-bond acceptors (Lipinski definition) is 8. The molecule has 0 spiro atoms. The van der Waals surface area contributed by atoms with E-state index in [1.165, 1.54) is 7.05 Å². The third-order valence-corrected chi connectivity index (χ3v) is 2.42. The van der Waals surface area contributed by atoms with E-state index in [-0.39, 0.29) is 11.6 Å². The molecule has 1 amide bonds. The number of aromatic nitrogens is 4. The summed E-state index contributed by atoms with van der Waals surface area (Å²) in [4.78, 5) is 23.1. The second-order valence-corrected chi connectivity index (χ2v) is 3.81. The van der Waals surface area contributed by atoms with Crippen molar-refractivity contribution in [3.05, 3.63) is 33.6 Å². The van der Waals surface area contributed by atoms with E-state index in [0.717, 1.165) is 10.9 Å². The van der Waals surface area contributed by atoms with Crippen LogP contribution in [0.5, 0.6) is 0 Å². The molecule has 0 aliphatic rings. The lowest BCUT2D eigenvalue weighted by atomic mass is 10.1. The van der Waals surface area contributed by atoms with Gasteiger partial charge in [0, 0.05) is 0 Å². The number of nitro benzene ring substituents is 1. The lowest BCUT2D eigenvalue weighted by Gasteiger charge is -2.06. The van der Waals surface area contributed by atoms with Gasteiger partial charge in [-0.1, -0.05) is 5.10 Å². The molecule has 2 rings (SSSR count). The summed E-state index contributed by atoms with van der Waals surface area (Å²) in [7, 11) is 1.47. The minimum Gasteiger partial charge on any atom is -0.321 e. The molecule has 1 aromatic carbocycles. The van der Waals surface area contributed by atoms with Gasteiger partial charge in [-0.25, -0.2) is 4.39 Å². The number of anilines is 2. The number of tetrazole rings is 1. The number of nitro groups is 1. The zero-order valence-corrected chi connectivity index (χ0v) is 10.6. The fourth-order valence-electron chi connectivity index (χ4n) is 1.51. The summed E-state index contributed by atoms with van der Waals surface area (Å²) in [5.41, 5.74) is 0.617. The number of carbonyl (C=O) groups is 1. The molecule has 0 bridgehead atoms. The fraction of sp³-hybridized carbons (Fsp3) is 0.111. The molecular formula is C9H9FN8O3. The second kappa shape index (κ2) is 5.46. The van der Waals surface area contributed by atoms with Crippen LogP contribution >= 0.6 is 0 Å². The molecule has 0 unspecified atom stereocenters. The van der Waals surface area contributed by atoms with E-state index in [0.29, 0.717) is 6.07 Å². The van der Waals surface area contributed by atoms with Gasteiger partial charge in [-0.05, 0) is 11.3 Å². The summed E-state index contributed by atoms with van der Waals surface area (Å²) < 4.78 is 13.5. The number of aryl methyl sites for hydroxylation is 1. The highest BCUT2D eigenvalue weighted by molar-refractivity contribution is 6.06. The van der Waals surface area contributed by atoms with Crippen molar-refractivity contribution in [1.82, 2.24) is 20.2 Å². The minimum absolute atomic E-state index is 0.150. The molecule has 2 aromatic rings. The molecule has 4 N–H and O–H groups in total. The van der Waals surface area contributed by atoms with Crippen molar-refractivity contribution in [3.63, 3.8) is 0 Å². The van der Waals surface area contributed by atoms with Crippen molar-refractivity contribution in [1.29, 1.82) is 0 Å². The van der Waals surface area contributed by atoms with Crippen molar-refractivity contribution in [2.45, 2.75) is 0 Å². The van der Waals surface area contributed by atoms with Crippen molar-refractivity contribution in [2.75, 3.05) is 10.7 Å². The van der Waals surface area contributed by atoms with Gasteiger partial charge in [0.15, 0.2) is 5.82 Å². The van der Waals surface area contributed by atoms with E-state index in [4.69, 9.17) is 5.84 Å². The first kappa shape index (κ1) is 14.3. The zero-order chi connectivity index (χ0) is 15.6. The maximum absolute atomic E-state index is 13.5. The van der Waals surface area contributed by atoms with E-state index in [1.54, 1.807) is 0 Å². The number of nitrogen functional groups attached to an aromatic ring is 1. The van der Waals surface area contributed by atoms with Crippen LogP contribution in [-0.4, -0.2) is 31.0 Å². The molecule has 0 aliphatic carbocycles. The van der Waals surface area contributed by atoms with E-state index in [2.05, 4.69) is 20.7 Å². The average Bonchev–Trinajstić information content (AvgIpc) is 2.83. The van der Waals surface area contributed by atoms with Gasteiger partial charge >= 0.3 is 0 Å². The normalized spacial score (nSPS) is 10.2. The average molecular weight is 296 g/mol. The van der Waals surface area contributed by atoms with Gasteiger partial charge in [0.25, 0.3) is 17.5 Å². The first-order chi connectivity index (χ1) is 9.92. The Kier molecular flexibility index (Phi) is 3.71. The quantitative estimate of drug-likeness (QED) is 0.398.